The summed E-state index contributed by atoms with van der Waals surface area (Å²) in [6.07, 6.45) is 4.08. The number of benzene rings is 1. The van der Waals surface area contributed by atoms with Crippen LogP contribution in [0.25, 0.3) is 10.8 Å². The van der Waals surface area contributed by atoms with Gasteiger partial charge in [0.1, 0.15) is 5.50 Å². The van der Waals surface area contributed by atoms with Crippen molar-refractivity contribution in [1.29, 1.82) is 0 Å². The molecule has 2 aromatic rings. The Balaban J connectivity index is 2.01. The smallest absolute Gasteiger partial charge is 0.241 e. The molecule has 2 unspecified atom stereocenters. The predicted octanol–water partition coefficient (Wildman–Crippen LogP) is 1.61. The quantitative estimate of drug-likeness (QED) is 0.500. The number of anilines is 1. The molecule has 1 aliphatic heterocycles. The first-order valence-corrected chi connectivity index (χ1v) is 6.85. The normalized spacial score (nSPS) is 20.6. The highest BCUT2D eigenvalue weighted by Gasteiger charge is 2.34. The number of fused-ring (bicyclic) bond motifs is 1. The summed E-state index contributed by atoms with van der Waals surface area (Å²) >= 11 is 6.43. The third-order valence-electron chi connectivity index (χ3n) is 3.65. The second-order valence-corrected chi connectivity index (χ2v) is 5.38. The zero-order valence-corrected chi connectivity index (χ0v) is 11.5. The molecule has 1 aliphatic rings. The maximum absolute atomic E-state index is 12.0. The largest absolute Gasteiger partial charge is 0.398 e. The lowest BCUT2D eigenvalue weighted by Crippen LogP contribution is -2.35. The third-order valence-corrected chi connectivity index (χ3v) is 4.12. The van der Waals surface area contributed by atoms with Crippen molar-refractivity contribution in [2.45, 2.75) is 18.0 Å². The molecule has 1 amide bonds. The highest BCUT2D eigenvalue weighted by molar-refractivity contribution is 6.22. The fourth-order valence-corrected chi connectivity index (χ4v) is 2.88. The summed E-state index contributed by atoms with van der Waals surface area (Å²) in [6.45, 7) is 0.554. The Morgan fingerprint density at radius 2 is 2.20 bits per heavy atom. The molecule has 5 nitrogen and oxygen atoms in total. The van der Waals surface area contributed by atoms with E-state index in [1.165, 1.54) is 0 Å². The Bertz CT molecular complexity index is 675. The van der Waals surface area contributed by atoms with Gasteiger partial charge in [0.2, 0.25) is 5.91 Å². The molecule has 104 valence electrons. The van der Waals surface area contributed by atoms with Gasteiger partial charge in [-0.1, -0.05) is 11.6 Å². The highest BCUT2D eigenvalue weighted by atomic mass is 35.5. The summed E-state index contributed by atoms with van der Waals surface area (Å²) < 4.78 is 0. The second-order valence-electron chi connectivity index (χ2n) is 4.97. The number of pyridine rings is 1. The van der Waals surface area contributed by atoms with Crippen LogP contribution in [0.2, 0.25) is 0 Å². The number of alkyl halides is 1. The molecule has 1 aromatic heterocycles. The molecular formula is C14H15ClN4O. The SMILES string of the molecule is Nc1cc2ccncc2cc1C(Cl)N1CCC(N)C1=O. The average Bonchev–Trinajstić information content (AvgIpc) is 2.77. The van der Waals surface area contributed by atoms with Crippen molar-refractivity contribution in [1.82, 2.24) is 9.88 Å². The Hall–Kier alpha value is -1.85. The van der Waals surface area contributed by atoms with Gasteiger partial charge in [-0.15, -0.1) is 0 Å². The molecule has 0 aliphatic carbocycles. The number of nitrogens with two attached hydrogens (primary N) is 2. The number of carbonyl (C=O) groups is 1. The molecule has 1 aromatic carbocycles. The van der Waals surface area contributed by atoms with Crippen LogP contribution in [0.3, 0.4) is 0 Å². The fraction of sp³-hybridized carbons (Fsp3) is 0.286. The van der Waals surface area contributed by atoms with Crippen LogP contribution in [-0.2, 0) is 4.79 Å². The fourth-order valence-electron chi connectivity index (χ4n) is 2.50. The van der Waals surface area contributed by atoms with Crippen molar-refractivity contribution >= 4 is 34.0 Å². The minimum atomic E-state index is -0.597. The molecular weight excluding hydrogens is 276 g/mol. The van der Waals surface area contributed by atoms with Gasteiger partial charge in [-0.2, -0.15) is 0 Å². The first-order valence-electron chi connectivity index (χ1n) is 6.41. The van der Waals surface area contributed by atoms with E-state index in [9.17, 15) is 4.79 Å². The Labute approximate surface area is 121 Å². The number of aromatic nitrogens is 1. The Morgan fingerprint density at radius 1 is 1.40 bits per heavy atom. The number of rotatable bonds is 2. The minimum Gasteiger partial charge on any atom is -0.398 e. The molecule has 4 N–H and O–H groups in total. The Morgan fingerprint density at radius 3 is 2.90 bits per heavy atom. The van der Waals surface area contributed by atoms with Gasteiger partial charge >= 0.3 is 0 Å². The first kappa shape index (κ1) is 13.1. The van der Waals surface area contributed by atoms with Crippen LogP contribution >= 0.6 is 11.6 Å². The van der Waals surface area contributed by atoms with Crippen LogP contribution in [0.1, 0.15) is 17.5 Å². The molecule has 6 heteroatoms. The maximum Gasteiger partial charge on any atom is 0.241 e. The average molecular weight is 291 g/mol. The zero-order valence-electron chi connectivity index (χ0n) is 10.8. The van der Waals surface area contributed by atoms with Crippen LogP contribution in [-0.4, -0.2) is 28.4 Å². The second kappa shape index (κ2) is 4.92. The number of nitrogen functional groups attached to an aromatic ring is 1. The number of nitrogens with zero attached hydrogens (tertiary/aromatic N) is 2. The lowest BCUT2D eigenvalue weighted by Gasteiger charge is -2.24. The van der Waals surface area contributed by atoms with Gasteiger partial charge in [0.15, 0.2) is 0 Å². The molecule has 0 spiro atoms. The van der Waals surface area contributed by atoms with Crippen LogP contribution in [0, 0.1) is 0 Å². The molecule has 0 radical (unpaired) electrons. The molecule has 1 fully saturated rings. The number of amides is 1. The number of hydrogen-bond donors (Lipinski definition) is 2. The Kier molecular flexibility index (Phi) is 3.23. The van der Waals surface area contributed by atoms with Crippen molar-refractivity contribution in [3.63, 3.8) is 0 Å². The highest BCUT2D eigenvalue weighted by Crippen LogP contribution is 2.34. The predicted molar refractivity (Wildman–Crippen MR) is 79.1 cm³/mol. The van der Waals surface area contributed by atoms with E-state index in [0.29, 0.717) is 18.7 Å². The summed E-state index contributed by atoms with van der Waals surface area (Å²) in [4.78, 5) is 17.6. The maximum atomic E-state index is 12.0. The number of carbonyl (C=O) groups excluding carboxylic acids is 1. The lowest BCUT2D eigenvalue weighted by atomic mass is 10.1. The first-order chi connectivity index (χ1) is 9.58. The molecule has 0 saturated carbocycles. The molecule has 1 saturated heterocycles. The summed E-state index contributed by atoms with van der Waals surface area (Å²) in [7, 11) is 0. The molecule has 2 atom stereocenters. The van der Waals surface area contributed by atoms with Gasteiger partial charge in [0.25, 0.3) is 0 Å². The van der Waals surface area contributed by atoms with Crippen molar-refractivity contribution in [2.24, 2.45) is 5.73 Å². The van der Waals surface area contributed by atoms with Gasteiger partial charge in [-0.3, -0.25) is 9.78 Å². The van der Waals surface area contributed by atoms with Crippen molar-refractivity contribution in [3.05, 3.63) is 36.2 Å². The monoisotopic (exact) mass is 290 g/mol. The van der Waals surface area contributed by atoms with Crippen molar-refractivity contribution < 1.29 is 4.79 Å². The van der Waals surface area contributed by atoms with E-state index in [1.807, 2.05) is 18.2 Å². The van der Waals surface area contributed by atoms with Gasteiger partial charge in [-0.25, -0.2) is 0 Å². The van der Waals surface area contributed by atoms with E-state index in [4.69, 9.17) is 23.1 Å². The van der Waals surface area contributed by atoms with Gasteiger partial charge in [0.05, 0.1) is 6.04 Å². The van der Waals surface area contributed by atoms with Crippen LogP contribution in [0.5, 0.6) is 0 Å². The van der Waals surface area contributed by atoms with E-state index in [-0.39, 0.29) is 5.91 Å². The summed E-state index contributed by atoms with van der Waals surface area (Å²) in [5, 5.41) is 1.94. The summed E-state index contributed by atoms with van der Waals surface area (Å²) in [5.41, 5.74) is 12.5. The van der Waals surface area contributed by atoms with E-state index in [0.717, 1.165) is 16.3 Å². The van der Waals surface area contributed by atoms with Crippen molar-refractivity contribution in [2.75, 3.05) is 12.3 Å². The van der Waals surface area contributed by atoms with Gasteiger partial charge in [-0.05, 0) is 30.0 Å². The lowest BCUT2D eigenvalue weighted by molar-refractivity contribution is -0.129. The number of likely N-dealkylation sites (tertiary alicyclic amines) is 1. The molecule has 3 rings (SSSR count). The van der Waals surface area contributed by atoms with E-state index < -0.39 is 11.5 Å². The molecule has 20 heavy (non-hydrogen) atoms. The van der Waals surface area contributed by atoms with Crippen LogP contribution in [0.15, 0.2) is 30.6 Å². The van der Waals surface area contributed by atoms with Gasteiger partial charge < -0.3 is 16.4 Å². The number of hydrogen-bond acceptors (Lipinski definition) is 4. The standard InChI is InChI=1S/C14H15ClN4O/c15-13(19-4-2-11(16)14(19)20)10-5-9-7-18-3-1-8(9)6-12(10)17/h1,3,5-7,11,13H,2,4,16-17H2. The molecule has 2 heterocycles. The zero-order chi connectivity index (χ0) is 14.3. The van der Waals surface area contributed by atoms with Gasteiger partial charge in [0, 0.05) is 35.6 Å². The minimum absolute atomic E-state index is 0.129. The van der Waals surface area contributed by atoms with E-state index in [2.05, 4.69) is 4.98 Å². The van der Waals surface area contributed by atoms with Crippen molar-refractivity contribution in [3.8, 4) is 0 Å². The van der Waals surface area contributed by atoms with E-state index >= 15 is 0 Å². The summed E-state index contributed by atoms with van der Waals surface area (Å²) in [5.74, 6) is -0.129. The topological polar surface area (TPSA) is 85.2 Å². The number of halogens is 1. The van der Waals surface area contributed by atoms with Crippen LogP contribution < -0.4 is 11.5 Å². The van der Waals surface area contributed by atoms with Crippen LogP contribution in [0.4, 0.5) is 5.69 Å². The summed E-state index contributed by atoms with van der Waals surface area (Å²) in [6, 6.07) is 5.16. The van der Waals surface area contributed by atoms with E-state index in [1.54, 1.807) is 17.3 Å². The third kappa shape index (κ3) is 2.09. The molecule has 0 bridgehead atoms.